The quantitative estimate of drug-likeness (QED) is 0.521. The molecule has 2 aliphatic rings. The molecular weight excluding hydrogens is 344 g/mol. The molecule has 0 amide bonds. The van der Waals surface area contributed by atoms with Crippen molar-refractivity contribution in [1.82, 2.24) is 15.0 Å². The van der Waals surface area contributed by atoms with Gasteiger partial charge in [-0.15, -0.1) is 5.10 Å². The molecule has 2 aliphatic heterocycles. The van der Waals surface area contributed by atoms with E-state index in [1.54, 1.807) is 0 Å². The van der Waals surface area contributed by atoms with Gasteiger partial charge in [0.05, 0.1) is 11.6 Å². The topological polar surface area (TPSA) is 34.0 Å². The molecule has 2 unspecified atom stereocenters. The van der Waals surface area contributed by atoms with Gasteiger partial charge in [-0.3, -0.25) is 0 Å². The molecule has 0 radical (unpaired) electrons. The fraction of sp³-hybridized carbons (Fsp3) is 0.250. The Morgan fingerprint density at radius 3 is 2.64 bits per heavy atom. The van der Waals surface area contributed by atoms with E-state index in [9.17, 15) is 0 Å². The zero-order chi connectivity index (χ0) is 18.5. The lowest BCUT2D eigenvalue weighted by Gasteiger charge is -2.44. The second-order valence-corrected chi connectivity index (χ2v) is 7.89. The molecular formula is C24H22N4. The summed E-state index contributed by atoms with van der Waals surface area (Å²) in [6, 6.07) is 26.2. The fourth-order valence-electron chi connectivity index (χ4n) is 5.13. The van der Waals surface area contributed by atoms with Crippen molar-refractivity contribution >= 4 is 16.7 Å². The van der Waals surface area contributed by atoms with Crippen molar-refractivity contribution in [2.24, 2.45) is 0 Å². The predicted molar refractivity (Wildman–Crippen MR) is 112 cm³/mol. The maximum atomic E-state index is 4.64. The first-order chi connectivity index (χ1) is 13.9. The van der Waals surface area contributed by atoms with Crippen molar-refractivity contribution in [2.75, 3.05) is 18.0 Å². The molecule has 28 heavy (non-hydrogen) atoms. The first kappa shape index (κ1) is 15.9. The van der Waals surface area contributed by atoms with Crippen LogP contribution in [0.4, 0.5) is 5.69 Å². The Labute approximate surface area is 164 Å². The third kappa shape index (κ3) is 2.30. The van der Waals surface area contributed by atoms with Gasteiger partial charge in [0, 0.05) is 30.3 Å². The van der Waals surface area contributed by atoms with Crippen LogP contribution in [0.3, 0.4) is 0 Å². The molecule has 0 aliphatic carbocycles. The zero-order valence-corrected chi connectivity index (χ0v) is 15.7. The Kier molecular flexibility index (Phi) is 3.51. The van der Waals surface area contributed by atoms with E-state index in [0.717, 1.165) is 24.1 Å². The van der Waals surface area contributed by atoms with Gasteiger partial charge in [0.1, 0.15) is 5.52 Å². The van der Waals surface area contributed by atoms with Crippen molar-refractivity contribution in [3.63, 3.8) is 0 Å². The SMILES string of the molecule is c1ccc(C2CN3CCCc4cccc(c43)C2n2nnc3ccccc32)cc1. The highest BCUT2D eigenvalue weighted by atomic mass is 15.4. The van der Waals surface area contributed by atoms with Gasteiger partial charge >= 0.3 is 0 Å². The first-order valence-corrected chi connectivity index (χ1v) is 10.1. The smallest absolute Gasteiger partial charge is 0.113 e. The van der Waals surface area contributed by atoms with Gasteiger partial charge in [0.25, 0.3) is 0 Å². The number of benzene rings is 3. The Balaban J connectivity index is 1.62. The van der Waals surface area contributed by atoms with Gasteiger partial charge in [-0.05, 0) is 36.1 Å². The minimum Gasteiger partial charge on any atom is -0.370 e. The molecule has 138 valence electrons. The molecule has 6 rings (SSSR count). The molecule has 2 atom stereocenters. The number of rotatable bonds is 2. The number of nitrogens with zero attached hydrogens (tertiary/aromatic N) is 4. The zero-order valence-electron chi connectivity index (χ0n) is 15.7. The normalized spacial score (nSPS) is 20.9. The highest BCUT2D eigenvalue weighted by Crippen LogP contribution is 2.47. The lowest BCUT2D eigenvalue weighted by Crippen LogP contribution is -2.42. The third-order valence-corrected chi connectivity index (χ3v) is 6.33. The summed E-state index contributed by atoms with van der Waals surface area (Å²) in [4.78, 5) is 2.60. The summed E-state index contributed by atoms with van der Waals surface area (Å²) in [5.74, 6) is 0.340. The lowest BCUT2D eigenvalue weighted by molar-refractivity contribution is 0.409. The number of hydrogen-bond acceptors (Lipinski definition) is 3. The van der Waals surface area contributed by atoms with Gasteiger partial charge in [0.2, 0.25) is 0 Å². The fourth-order valence-corrected chi connectivity index (χ4v) is 5.13. The number of fused-ring (bicyclic) bond motifs is 1. The maximum Gasteiger partial charge on any atom is 0.113 e. The van der Waals surface area contributed by atoms with Crippen LogP contribution in [0.25, 0.3) is 11.0 Å². The van der Waals surface area contributed by atoms with E-state index in [-0.39, 0.29) is 6.04 Å². The number of para-hydroxylation sites is 2. The average molecular weight is 366 g/mol. The maximum absolute atomic E-state index is 4.64. The summed E-state index contributed by atoms with van der Waals surface area (Å²) >= 11 is 0. The van der Waals surface area contributed by atoms with Crippen LogP contribution >= 0.6 is 0 Å². The minimum absolute atomic E-state index is 0.152. The predicted octanol–water partition coefficient (Wildman–Crippen LogP) is 4.57. The molecule has 0 fully saturated rings. The third-order valence-electron chi connectivity index (χ3n) is 6.33. The molecule has 0 spiro atoms. The Hall–Kier alpha value is -3.14. The Bertz CT molecular complexity index is 1150. The van der Waals surface area contributed by atoms with E-state index in [1.165, 1.54) is 35.2 Å². The van der Waals surface area contributed by atoms with E-state index in [1.807, 2.05) is 12.1 Å². The summed E-state index contributed by atoms with van der Waals surface area (Å²) < 4.78 is 2.16. The van der Waals surface area contributed by atoms with E-state index in [4.69, 9.17) is 0 Å². The van der Waals surface area contributed by atoms with Gasteiger partial charge in [-0.25, -0.2) is 4.68 Å². The van der Waals surface area contributed by atoms with E-state index in [2.05, 4.69) is 80.6 Å². The van der Waals surface area contributed by atoms with Crippen LogP contribution in [0.1, 0.15) is 35.1 Å². The minimum atomic E-state index is 0.152. The Morgan fingerprint density at radius 1 is 0.857 bits per heavy atom. The van der Waals surface area contributed by atoms with Crippen LogP contribution in [0.15, 0.2) is 72.8 Å². The second kappa shape index (κ2) is 6.20. The molecule has 0 saturated heterocycles. The number of hydrogen-bond donors (Lipinski definition) is 0. The highest BCUT2D eigenvalue weighted by Gasteiger charge is 2.38. The van der Waals surface area contributed by atoms with Crippen molar-refractivity contribution in [3.8, 4) is 0 Å². The molecule has 4 heteroatoms. The van der Waals surface area contributed by atoms with Crippen LogP contribution in [0.2, 0.25) is 0 Å². The summed E-state index contributed by atoms with van der Waals surface area (Å²) in [5.41, 5.74) is 7.73. The number of aromatic nitrogens is 3. The molecule has 3 aromatic carbocycles. The lowest BCUT2D eigenvalue weighted by atomic mass is 9.79. The van der Waals surface area contributed by atoms with Crippen molar-refractivity contribution in [2.45, 2.75) is 24.8 Å². The van der Waals surface area contributed by atoms with E-state index < -0.39 is 0 Å². The van der Waals surface area contributed by atoms with Gasteiger partial charge in [-0.1, -0.05) is 65.9 Å². The largest absolute Gasteiger partial charge is 0.370 e. The molecule has 0 saturated carbocycles. The molecule has 4 aromatic rings. The molecule has 1 aromatic heterocycles. The summed E-state index contributed by atoms with van der Waals surface area (Å²) in [5, 5.41) is 9.11. The second-order valence-electron chi connectivity index (χ2n) is 7.89. The van der Waals surface area contributed by atoms with Gasteiger partial charge in [0.15, 0.2) is 0 Å². The van der Waals surface area contributed by atoms with Gasteiger partial charge in [-0.2, -0.15) is 0 Å². The molecule has 0 bridgehead atoms. The standard InChI is InChI=1S/C24H22N4/c1-2-8-17(9-3-1)20-16-27-15-7-11-18-10-6-12-19(23(18)27)24(20)28-22-14-5-4-13-21(22)25-26-28/h1-6,8-10,12-14,20,24H,7,11,15-16H2. The number of anilines is 1. The van der Waals surface area contributed by atoms with Crippen molar-refractivity contribution in [1.29, 1.82) is 0 Å². The van der Waals surface area contributed by atoms with Crippen LogP contribution in [0, 0.1) is 0 Å². The summed E-state index contributed by atoms with van der Waals surface area (Å²) in [7, 11) is 0. The van der Waals surface area contributed by atoms with Crippen LogP contribution in [-0.4, -0.2) is 28.1 Å². The number of aryl methyl sites for hydroxylation is 1. The van der Waals surface area contributed by atoms with Crippen LogP contribution < -0.4 is 4.90 Å². The molecule has 3 heterocycles. The molecule has 0 N–H and O–H groups in total. The van der Waals surface area contributed by atoms with Crippen LogP contribution in [-0.2, 0) is 6.42 Å². The van der Waals surface area contributed by atoms with Gasteiger partial charge < -0.3 is 4.90 Å². The average Bonchev–Trinajstić information content (AvgIpc) is 3.18. The monoisotopic (exact) mass is 366 g/mol. The van der Waals surface area contributed by atoms with Crippen LogP contribution in [0.5, 0.6) is 0 Å². The molecule has 4 nitrogen and oxygen atoms in total. The summed E-state index contributed by atoms with van der Waals surface area (Å²) in [6.45, 7) is 2.16. The van der Waals surface area contributed by atoms with E-state index in [0.29, 0.717) is 5.92 Å². The summed E-state index contributed by atoms with van der Waals surface area (Å²) in [6.07, 6.45) is 2.40. The highest BCUT2D eigenvalue weighted by molar-refractivity contribution is 5.75. The first-order valence-electron chi connectivity index (χ1n) is 10.1. The Morgan fingerprint density at radius 2 is 1.71 bits per heavy atom. The van der Waals surface area contributed by atoms with Crippen molar-refractivity contribution in [3.05, 3.63) is 89.5 Å². The van der Waals surface area contributed by atoms with Crippen molar-refractivity contribution < 1.29 is 0 Å². The van der Waals surface area contributed by atoms with E-state index >= 15 is 0 Å².